The molecule has 1 saturated carbocycles. The molecule has 1 amide bonds. The Bertz CT molecular complexity index is 884. The second kappa shape index (κ2) is 6.39. The lowest BCUT2D eigenvalue weighted by molar-refractivity contribution is 0.0941. The molecule has 1 N–H and O–H groups in total. The summed E-state index contributed by atoms with van der Waals surface area (Å²) in [6, 6.07) is 17.5. The first-order chi connectivity index (χ1) is 12.2. The minimum atomic E-state index is -0.230. The van der Waals surface area contributed by atoms with Crippen molar-refractivity contribution in [1.82, 2.24) is 20.1 Å². The summed E-state index contributed by atoms with van der Waals surface area (Å²) in [5.41, 5.74) is 1.72. The highest BCUT2D eigenvalue weighted by Gasteiger charge is 2.26. The molecule has 0 unspecified atom stereocenters. The summed E-state index contributed by atoms with van der Waals surface area (Å²) in [6.07, 6.45) is 2.05. The summed E-state index contributed by atoms with van der Waals surface area (Å²) in [7, 11) is 1.63. The number of nitrogens with one attached hydrogen (secondary N) is 1. The smallest absolute Gasteiger partial charge is 0.291 e. The number of rotatable bonds is 5. The highest BCUT2D eigenvalue weighted by Crippen LogP contribution is 2.23. The Kier molecular flexibility index (Phi) is 3.93. The zero-order valence-corrected chi connectivity index (χ0v) is 13.8. The first-order valence-electron chi connectivity index (χ1n) is 8.22. The monoisotopic (exact) mass is 334 g/mol. The number of methoxy groups -OCH3 is 1. The number of aromatic nitrogens is 3. The summed E-state index contributed by atoms with van der Waals surface area (Å²) in [5, 5.41) is 7.38. The van der Waals surface area contributed by atoms with Gasteiger partial charge in [-0.05, 0) is 37.1 Å². The van der Waals surface area contributed by atoms with Crippen LogP contribution in [-0.2, 0) is 0 Å². The van der Waals surface area contributed by atoms with Crippen LogP contribution in [-0.4, -0.2) is 33.8 Å². The molecule has 0 atom stereocenters. The quantitative estimate of drug-likeness (QED) is 0.779. The SMILES string of the molecule is COc1ccc(-n2nc(C(=O)NC3CC3)nc2-c2ccccc2)cc1. The second-order valence-corrected chi connectivity index (χ2v) is 5.98. The van der Waals surface area contributed by atoms with Crippen LogP contribution >= 0.6 is 0 Å². The van der Waals surface area contributed by atoms with Crippen LogP contribution in [0.2, 0.25) is 0 Å². The molecule has 0 saturated heterocycles. The number of hydrogen-bond acceptors (Lipinski definition) is 4. The van der Waals surface area contributed by atoms with Crippen LogP contribution in [0.5, 0.6) is 5.75 Å². The van der Waals surface area contributed by atoms with E-state index in [1.165, 1.54) is 0 Å². The van der Waals surface area contributed by atoms with Gasteiger partial charge >= 0.3 is 0 Å². The lowest BCUT2D eigenvalue weighted by atomic mass is 10.2. The van der Waals surface area contributed by atoms with E-state index < -0.39 is 0 Å². The van der Waals surface area contributed by atoms with Crippen molar-refractivity contribution in [3.05, 3.63) is 60.4 Å². The molecule has 1 heterocycles. The highest BCUT2D eigenvalue weighted by atomic mass is 16.5. The van der Waals surface area contributed by atoms with Gasteiger partial charge in [0.1, 0.15) is 5.75 Å². The Morgan fingerprint density at radius 2 is 1.84 bits per heavy atom. The Hall–Kier alpha value is -3.15. The lowest BCUT2D eigenvalue weighted by Gasteiger charge is -2.07. The van der Waals surface area contributed by atoms with Gasteiger partial charge in [0.25, 0.3) is 5.91 Å². The van der Waals surface area contributed by atoms with E-state index in [1.807, 2.05) is 54.6 Å². The summed E-state index contributed by atoms with van der Waals surface area (Å²) in [5.74, 6) is 1.34. The van der Waals surface area contributed by atoms with Gasteiger partial charge in [0.2, 0.25) is 5.82 Å². The molecule has 3 aromatic rings. The molecular formula is C19H18N4O2. The molecule has 1 aromatic heterocycles. The van der Waals surface area contributed by atoms with Crippen LogP contribution in [0.1, 0.15) is 23.5 Å². The van der Waals surface area contributed by atoms with Crippen LogP contribution in [0, 0.1) is 0 Å². The molecule has 1 aliphatic carbocycles. The topological polar surface area (TPSA) is 69.0 Å². The largest absolute Gasteiger partial charge is 0.497 e. The first kappa shape index (κ1) is 15.4. The van der Waals surface area contributed by atoms with Crippen LogP contribution in [0.25, 0.3) is 17.1 Å². The third kappa shape index (κ3) is 3.24. The normalized spacial score (nSPS) is 13.5. The van der Waals surface area contributed by atoms with Gasteiger partial charge in [0.05, 0.1) is 12.8 Å². The fraction of sp³-hybridized carbons (Fsp3) is 0.211. The van der Waals surface area contributed by atoms with E-state index >= 15 is 0 Å². The van der Waals surface area contributed by atoms with Crippen molar-refractivity contribution in [1.29, 1.82) is 0 Å². The Morgan fingerprint density at radius 3 is 2.48 bits per heavy atom. The molecule has 2 aromatic carbocycles. The molecule has 0 aliphatic heterocycles. The molecule has 6 heteroatoms. The molecule has 1 fully saturated rings. The average molecular weight is 334 g/mol. The molecule has 126 valence electrons. The minimum absolute atomic E-state index is 0.182. The molecule has 0 spiro atoms. The van der Waals surface area contributed by atoms with Crippen LogP contribution in [0.4, 0.5) is 0 Å². The Balaban J connectivity index is 1.76. The third-order valence-corrected chi connectivity index (χ3v) is 4.07. The number of carbonyl (C=O) groups is 1. The summed E-state index contributed by atoms with van der Waals surface area (Å²) in [4.78, 5) is 16.8. The number of benzene rings is 2. The fourth-order valence-corrected chi connectivity index (χ4v) is 2.56. The van der Waals surface area contributed by atoms with E-state index in [0.29, 0.717) is 5.82 Å². The second-order valence-electron chi connectivity index (χ2n) is 5.98. The van der Waals surface area contributed by atoms with Gasteiger partial charge < -0.3 is 10.1 Å². The molecule has 6 nitrogen and oxygen atoms in total. The van der Waals surface area contributed by atoms with Gasteiger partial charge in [-0.1, -0.05) is 30.3 Å². The van der Waals surface area contributed by atoms with Crippen LogP contribution in [0.3, 0.4) is 0 Å². The Labute approximate surface area is 145 Å². The molecule has 1 aliphatic rings. The van der Waals surface area contributed by atoms with E-state index in [-0.39, 0.29) is 17.8 Å². The van der Waals surface area contributed by atoms with Crippen molar-refractivity contribution in [2.45, 2.75) is 18.9 Å². The third-order valence-electron chi connectivity index (χ3n) is 4.07. The van der Waals surface area contributed by atoms with Gasteiger partial charge in [-0.25, -0.2) is 9.67 Å². The summed E-state index contributed by atoms with van der Waals surface area (Å²) >= 11 is 0. The van der Waals surface area contributed by atoms with E-state index in [1.54, 1.807) is 11.8 Å². The van der Waals surface area contributed by atoms with E-state index in [0.717, 1.165) is 29.8 Å². The van der Waals surface area contributed by atoms with Gasteiger partial charge in [-0.15, -0.1) is 5.10 Å². The number of hydrogen-bond donors (Lipinski definition) is 1. The molecule has 0 bridgehead atoms. The van der Waals surface area contributed by atoms with Crippen molar-refractivity contribution >= 4 is 5.91 Å². The van der Waals surface area contributed by atoms with Crippen molar-refractivity contribution in [3.63, 3.8) is 0 Å². The predicted molar refractivity (Wildman–Crippen MR) is 93.8 cm³/mol. The summed E-state index contributed by atoms with van der Waals surface area (Å²) in [6.45, 7) is 0. The van der Waals surface area contributed by atoms with Gasteiger partial charge in [-0.3, -0.25) is 4.79 Å². The highest BCUT2D eigenvalue weighted by molar-refractivity contribution is 5.91. The molecular weight excluding hydrogens is 316 g/mol. The fourth-order valence-electron chi connectivity index (χ4n) is 2.56. The average Bonchev–Trinajstić information content (AvgIpc) is 3.36. The number of amides is 1. The Morgan fingerprint density at radius 1 is 1.12 bits per heavy atom. The number of carbonyl (C=O) groups excluding carboxylic acids is 1. The van der Waals surface area contributed by atoms with Crippen molar-refractivity contribution in [3.8, 4) is 22.8 Å². The van der Waals surface area contributed by atoms with Crippen molar-refractivity contribution < 1.29 is 9.53 Å². The maximum Gasteiger partial charge on any atom is 0.291 e. The van der Waals surface area contributed by atoms with Gasteiger partial charge in [0, 0.05) is 11.6 Å². The van der Waals surface area contributed by atoms with E-state index in [4.69, 9.17) is 4.74 Å². The first-order valence-corrected chi connectivity index (χ1v) is 8.22. The number of ether oxygens (including phenoxy) is 1. The van der Waals surface area contributed by atoms with Crippen molar-refractivity contribution in [2.24, 2.45) is 0 Å². The van der Waals surface area contributed by atoms with Crippen LogP contribution < -0.4 is 10.1 Å². The predicted octanol–water partition coefficient (Wildman–Crippen LogP) is 2.84. The zero-order valence-electron chi connectivity index (χ0n) is 13.8. The van der Waals surface area contributed by atoms with E-state index in [9.17, 15) is 4.79 Å². The lowest BCUT2D eigenvalue weighted by Crippen LogP contribution is -2.26. The molecule has 25 heavy (non-hydrogen) atoms. The molecule has 0 radical (unpaired) electrons. The minimum Gasteiger partial charge on any atom is -0.497 e. The van der Waals surface area contributed by atoms with Gasteiger partial charge in [-0.2, -0.15) is 0 Å². The maximum absolute atomic E-state index is 12.4. The number of nitrogens with zero attached hydrogens (tertiary/aromatic N) is 3. The standard InChI is InChI=1S/C19H18N4O2/c1-25-16-11-9-15(10-12-16)23-18(13-5-3-2-4-6-13)21-17(22-23)19(24)20-14-7-8-14/h2-6,9-12,14H,7-8H2,1H3,(H,20,24). The van der Waals surface area contributed by atoms with E-state index in [2.05, 4.69) is 15.4 Å². The maximum atomic E-state index is 12.4. The van der Waals surface area contributed by atoms with Crippen molar-refractivity contribution in [2.75, 3.05) is 7.11 Å². The van der Waals surface area contributed by atoms with Crippen LogP contribution in [0.15, 0.2) is 54.6 Å². The van der Waals surface area contributed by atoms with Gasteiger partial charge in [0.15, 0.2) is 5.82 Å². The molecule has 4 rings (SSSR count). The summed E-state index contributed by atoms with van der Waals surface area (Å²) < 4.78 is 6.90. The zero-order chi connectivity index (χ0) is 17.2.